The summed E-state index contributed by atoms with van der Waals surface area (Å²) in [6, 6.07) is 7.60. The minimum atomic E-state index is -1.61. The number of hydrogen-bond acceptors (Lipinski definition) is 1. The van der Waals surface area contributed by atoms with Gasteiger partial charge in [-0.1, -0.05) is 34.8 Å². The van der Waals surface area contributed by atoms with E-state index in [0.717, 1.165) is 5.56 Å². The van der Waals surface area contributed by atoms with Crippen LogP contribution in [0.2, 0.25) is 0 Å². The minimum absolute atomic E-state index is 0.323. The van der Waals surface area contributed by atoms with E-state index in [9.17, 15) is 0 Å². The van der Waals surface area contributed by atoms with Crippen molar-refractivity contribution < 1.29 is 4.74 Å². The van der Waals surface area contributed by atoms with E-state index in [0.29, 0.717) is 6.61 Å². The second-order valence-electron chi connectivity index (χ2n) is 2.03. The molecule has 0 N–H and O–H groups in total. The summed E-state index contributed by atoms with van der Waals surface area (Å²) in [5.74, 6) is 0. The highest BCUT2D eigenvalue weighted by Crippen LogP contribution is 2.28. The molecule has 0 amide bonds. The van der Waals surface area contributed by atoms with Crippen LogP contribution in [0.15, 0.2) is 24.3 Å². The lowest BCUT2D eigenvalue weighted by Crippen LogP contribution is -2.07. The fourth-order valence-electron chi connectivity index (χ4n) is 0.675. The van der Waals surface area contributed by atoms with Crippen LogP contribution in [-0.2, 0) is 11.3 Å². The summed E-state index contributed by atoms with van der Waals surface area (Å²) in [6.45, 7) is 0.323. The summed E-state index contributed by atoms with van der Waals surface area (Å²) in [6.07, 6.45) is 0. The number of ether oxygens (including phenoxy) is 1. The van der Waals surface area contributed by atoms with E-state index < -0.39 is 3.98 Å². The number of hydrogen-bond donors (Lipinski definition) is 0. The Bertz CT molecular complexity index is 200. The molecule has 1 aromatic rings. The van der Waals surface area contributed by atoms with Gasteiger partial charge in [-0.15, -0.1) is 0 Å². The second kappa shape index (κ2) is 3.72. The van der Waals surface area contributed by atoms with Gasteiger partial charge in [0.25, 0.3) is 3.98 Å². The Kier molecular flexibility index (Phi) is 3.14. The van der Waals surface area contributed by atoms with Crippen molar-refractivity contribution in [3.63, 3.8) is 0 Å². The van der Waals surface area contributed by atoms with Crippen molar-refractivity contribution >= 4 is 34.8 Å². The molecule has 0 aromatic heterocycles. The molecule has 0 fully saturated rings. The molecular weight excluding hydrogens is 206 g/mol. The third-order valence-electron chi connectivity index (χ3n) is 1.13. The molecule has 0 bridgehead atoms. The normalized spacial score (nSPS) is 11.9. The Balaban J connectivity index is 2.35. The zero-order valence-corrected chi connectivity index (χ0v) is 7.83. The van der Waals surface area contributed by atoms with Gasteiger partial charge in [0.2, 0.25) is 0 Å². The van der Waals surface area contributed by atoms with Gasteiger partial charge >= 0.3 is 0 Å². The van der Waals surface area contributed by atoms with Gasteiger partial charge in [0.15, 0.2) is 0 Å². The lowest BCUT2D eigenvalue weighted by Gasteiger charge is -2.13. The fraction of sp³-hybridized carbons (Fsp3) is 0.286. The van der Waals surface area contributed by atoms with Crippen LogP contribution in [0.5, 0.6) is 0 Å². The standard InChI is InChI=1S/C7H6Cl3O/c8-7(9,10)11-5-6-3-1-2-4-6/h1-4H,5H2/q-1. The molecule has 0 saturated heterocycles. The zero-order chi connectivity index (χ0) is 8.32. The monoisotopic (exact) mass is 211 g/mol. The van der Waals surface area contributed by atoms with E-state index >= 15 is 0 Å². The van der Waals surface area contributed by atoms with E-state index in [4.69, 9.17) is 39.5 Å². The lowest BCUT2D eigenvalue weighted by atomic mass is 10.4. The molecule has 0 atom stereocenters. The Morgan fingerprint density at radius 2 is 2.18 bits per heavy atom. The molecule has 62 valence electrons. The highest BCUT2D eigenvalue weighted by molar-refractivity contribution is 6.66. The lowest BCUT2D eigenvalue weighted by molar-refractivity contribution is 0.116. The molecule has 1 nitrogen and oxygen atoms in total. The smallest absolute Gasteiger partial charge is 0.296 e. The van der Waals surface area contributed by atoms with Crippen molar-refractivity contribution in [2.45, 2.75) is 10.6 Å². The summed E-state index contributed by atoms with van der Waals surface area (Å²) in [4.78, 5) is 0. The number of rotatable bonds is 2. The second-order valence-corrected chi connectivity index (χ2v) is 4.20. The minimum Gasteiger partial charge on any atom is -0.343 e. The van der Waals surface area contributed by atoms with Crippen molar-refractivity contribution in [3.8, 4) is 0 Å². The molecule has 0 unspecified atom stereocenters. The fourth-order valence-corrected chi connectivity index (χ4v) is 0.839. The van der Waals surface area contributed by atoms with E-state index in [1.54, 1.807) is 0 Å². The molecule has 11 heavy (non-hydrogen) atoms. The molecule has 0 saturated carbocycles. The molecule has 0 aliphatic carbocycles. The summed E-state index contributed by atoms with van der Waals surface area (Å²) < 4.78 is 3.26. The van der Waals surface area contributed by atoms with Crippen LogP contribution < -0.4 is 0 Å². The van der Waals surface area contributed by atoms with Crippen LogP contribution in [0.1, 0.15) is 5.56 Å². The molecule has 0 spiro atoms. The molecule has 0 radical (unpaired) electrons. The van der Waals surface area contributed by atoms with Gasteiger partial charge in [-0.05, 0) is 0 Å². The maximum Gasteiger partial charge on any atom is 0.296 e. The first-order chi connectivity index (χ1) is 5.08. The van der Waals surface area contributed by atoms with E-state index in [1.165, 1.54) is 0 Å². The third-order valence-corrected chi connectivity index (χ3v) is 1.46. The van der Waals surface area contributed by atoms with Crippen molar-refractivity contribution in [2.75, 3.05) is 0 Å². The van der Waals surface area contributed by atoms with Gasteiger partial charge in [0, 0.05) is 6.61 Å². The predicted molar refractivity (Wildman–Crippen MR) is 47.1 cm³/mol. The Hall–Kier alpha value is 0.180. The van der Waals surface area contributed by atoms with Crippen molar-refractivity contribution in [2.24, 2.45) is 0 Å². The van der Waals surface area contributed by atoms with Gasteiger partial charge < -0.3 is 4.74 Å². The first kappa shape index (κ1) is 9.27. The Labute approximate surface area is 80.2 Å². The first-order valence-corrected chi connectivity index (χ1v) is 4.12. The van der Waals surface area contributed by atoms with Crippen LogP contribution >= 0.6 is 34.8 Å². The van der Waals surface area contributed by atoms with E-state index in [1.807, 2.05) is 24.3 Å². The average molecular weight is 212 g/mol. The van der Waals surface area contributed by atoms with Crippen LogP contribution in [0, 0.1) is 0 Å². The molecule has 0 aliphatic rings. The predicted octanol–water partition coefficient (Wildman–Crippen LogP) is 3.25. The van der Waals surface area contributed by atoms with E-state index in [2.05, 4.69) is 0 Å². The SMILES string of the molecule is ClC(Cl)(Cl)OCc1cc[cH-]c1. The van der Waals surface area contributed by atoms with Gasteiger partial charge in [-0.2, -0.15) is 23.8 Å². The molecule has 4 heteroatoms. The molecule has 0 heterocycles. The van der Waals surface area contributed by atoms with Gasteiger partial charge in [-0.3, -0.25) is 0 Å². The summed E-state index contributed by atoms with van der Waals surface area (Å²) in [7, 11) is 0. The highest BCUT2D eigenvalue weighted by Gasteiger charge is 2.18. The maximum absolute atomic E-state index is 5.36. The number of halogens is 3. The van der Waals surface area contributed by atoms with Gasteiger partial charge in [-0.25, -0.2) is 6.07 Å². The van der Waals surface area contributed by atoms with Crippen LogP contribution in [0.3, 0.4) is 0 Å². The van der Waals surface area contributed by atoms with E-state index in [-0.39, 0.29) is 0 Å². The number of alkyl halides is 3. The average Bonchev–Trinajstić information content (AvgIpc) is 2.32. The summed E-state index contributed by atoms with van der Waals surface area (Å²) in [5.41, 5.74) is 0.997. The van der Waals surface area contributed by atoms with Crippen LogP contribution in [0.4, 0.5) is 0 Å². The molecule has 1 rings (SSSR count). The largest absolute Gasteiger partial charge is 0.343 e. The maximum atomic E-state index is 5.36. The molecular formula is C7H6Cl3O-. The van der Waals surface area contributed by atoms with Crippen LogP contribution in [0.25, 0.3) is 0 Å². The Morgan fingerprint density at radius 3 is 2.64 bits per heavy atom. The highest BCUT2D eigenvalue weighted by atomic mass is 35.6. The molecule has 0 aliphatic heterocycles. The quantitative estimate of drug-likeness (QED) is 0.540. The molecule has 1 aromatic carbocycles. The summed E-state index contributed by atoms with van der Waals surface area (Å²) in [5, 5.41) is 0. The van der Waals surface area contributed by atoms with Gasteiger partial charge in [0.1, 0.15) is 0 Å². The van der Waals surface area contributed by atoms with Crippen molar-refractivity contribution in [1.29, 1.82) is 0 Å². The van der Waals surface area contributed by atoms with Gasteiger partial charge in [0.05, 0.1) is 0 Å². The first-order valence-electron chi connectivity index (χ1n) is 2.99. The van der Waals surface area contributed by atoms with Crippen molar-refractivity contribution in [3.05, 3.63) is 29.8 Å². The van der Waals surface area contributed by atoms with Crippen molar-refractivity contribution in [1.82, 2.24) is 0 Å². The summed E-state index contributed by atoms with van der Waals surface area (Å²) >= 11 is 16.1. The third kappa shape index (κ3) is 3.92. The van der Waals surface area contributed by atoms with Crippen LogP contribution in [-0.4, -0.2) is 3.98 Å². The topological polar surface area (TPSA) is 9.23 Å². The Morgan fingerprint density at radius 1 is 1.45 bits per heavy atom. The zero-order valence-electron chi connectivity index (χ0n) is 5.56.